The first-order chi connectivity index (χ1) is 10.7. The molecule has 1 saturated heterocycles. The quantitative estimate of drug-likeness (QED) is 0.729. The van der Waals surface area contributed by atoms with Gasteiger partial charge in [-0.3, -0.25) is 4.79 Å². The van der Waals surface area contributed by atoms with Crippen LogP contribution in [0.25, 0.3) is 0 Å². The molecule has 0 N–H and O–H groups in total. The van der Waals surface area contributed by atoms with Crippen molar-refractivity contribution in [2.75, 3.05) is 19.6 Å². The van der Waals surface area contributed by atoms with Crippen LogP contribution >= 0.6 is 11.6 Å². The molecule has 6 heteroatoms. The van der Waals surface area contributed by atoms with E-state index in [2.05, 4.69) is 0 Å². The van der Waals surface area contributed by atoms with Crippen molar-refractivity contribution in [3.8, 4) is 0 Å². The number of amides is 2. The fourth-order valence-corrected chi connectivity index (χ4v) is 3.50. The first kappa shape index (κ1) is 16.1. The van der Waals surface area contributed by atoms with E-state index in [0.29, 0.717) is 30.2 Å². The Morgan fingerprint density at radius 3 is 2.65 bits per heavy atom. The number of halogens is 1. The lowest BCUT2D eigenvalue weighted by atomic mass is 9.98. The molecule has 2 aliphatic heterocycles. The van der Waals surface area contributed by atoms with Gasteiger partial charge in [-0.2, -0.15) is 0 Å². The fraction of sp³-hybridized carbons (Fsp3) is 0.529. The number of carbonyl (C=O) groups excluding carboxylic acids is 2. The van der Waals surface area contributed by atoms with Crippen LogP contribution in [0.1, 0.15) is 48.3 Å². The lowest BCUT2D eigenvalue weighted by Crippen LogP contribution is -2.50. The van der Waals surface area contributed by atoms with Crippen molar-refractivity contribution in [1.29, 1.82) is 0 Å². The molecule has 0 spiro atoms. The summed E-state index contributed by atoms with van der Waals surface area (Å²) >= 11 is 6.23. The zero-order valence-corrected chi connectivity index (χ0v) is 14.6. The van der Waals surface area contributed by atoms with Crippen LogP contribution in [0.5, 0.6) is 0 Å². The van der Waals surface area contributed by atoms with Crippen LogP contribution in [-0.4, -0.2) is 47.0 Å². The van der Waals surface area contributed by atoms with E-state index in [1.54, 1.807) is 11.0 Å². The summed E-state index contributed by atoms with van der Waals surface area (Å²) in [6, 6.07) is 3.54. The second kappa shape index (κ2) is 5.41. The van der Waals surface area contributed by atoms with Crippen molar-refractivity contribution >= 4 is 23.6 Å². The number of carbonyl (C=O) groups is 2. The van der Waals surface area contributed by atoms with E-state index in [1.807, 2.05) is 38.7 Å². The summed E-state index contributed by atoms with van der Waals surface area (Å²) in [5.41, 5.74) is 2.02. The third kappa shape index (κ3) is 2.78. The normalized spacial score (nSPS) is 20.4. The molecule has 2 amide bonds. The summed E-state index contributed by atoms with van der Waals surface area (Å²) in [5, 5.41) is 0.480. The number of aryl methyl sites for hydroxylation is 1. The Bertz CT molecular complexity index is 681. The molecular weight excluding hydrogens is 316 g/mol. The van der Waals surface area contributed by atoms with E-state index < -0.39 is 5.60 Å². The molecule has 0 saturated carbocycles. The zero-order chi connectivity index (χ0) is 16.9. The van der Waals surface area contributed by atoms with Crippen molar-refractivity contribution in [1.82, 2.24) is 9.80 Å². The van der Waals surface area contributed by atoms with Crippen molar-refractivity contribution in [3.63, 3.8) is 0 Å². The maximum Gasteiger partial charge on any atom is 0.410 e. The van der Waals surface area contributed by atoms with Gasteiger partial charge in [-0.15, -0.1) is 0 Å². The minimum Gasteiger partial charge on any atom is -0.444 e. The SMILES string of the molecule is Cc1ccc(Cl)c2c1[C@@H]1CN(C(=O)OC(C)(C)C)CCN1C2=O. The van der Waals surface area contributed by atoms with Gasteiger partial charge >= 0.3 is 6.09 Å². The molecular formula is C17H21ClN2O3. The highest BCUT2D eigenvalue weighted by molar-refractivity contribution is 6.34. The van der Waals surface area contributed by atoms with E-state index in [9.17, 15) is 9.59 Å². The summed E-state index contributed by atoms with van der Waals surface area (Å²) in [5.74, 6) is -0.0393. The average molecular weight is 337 g/mol. The highest BCUT2D eigenvalue weighted by Crippen LogP contribution is 2.41. The molecule has 2 aliphatic rings. The van der Waals surface area contributed by atoms with Gasteiger partial charge in [0.1, 0.15) is 5.60 Å². The molecule has 0 radical (unpaired) electrons. The number of nitrogens with zero attached hydrogens (tertiary/aromatic N) is 2. The van der Waals surface area contributed by atoms with E-state index >= 15 is 0 Å². The summed E-state index contributed by atoms with van der Waals surface area (Å²) in [7, 11) is 0. The number of benzene rings is 1. The molecule has 5 nitrogen and oxygen atoms in total. The molecule has 2 heterocycles. The molecule has 0 aliphatic carbocycles. The predicted molar refractivity (Wildman–Crippen MR) is 87.8 cm³/mol. The van der Waals surface area contributed by atoms with Crippen LogP contribution in [0.15, 0.2) is 12.1 Å². The molecule has 0 aromatic heterocycles. The molecule has 1 atom stereocenters. The monoisotopic (exact) mass is 336 g/mol. The lowest BCUT2D eigenvalue weighted by molar-refractivity contribution is 0.00653. The van der Waals surface area contributed by atoms with Crippen LogP contribution < -0.4 is 0 Å². The van der Waals surface area contributed by atoms with Gasteiger partial charge in [-0.25, -0.2) is 4.79 Å². The van der Waals surface area contributed by atoms with Crippen molar-refractivity contribution in [2.45, 2.75) is 39.3 Å². The number of piperazine rings is 1. The third-order valence-corrected chi connectivity index (χ3v) is 4.57. The van der Waals surface area contributed by atoms with Crippen molar-refractivity contribution < 1.29 is 14.3 Å². The maximum atomic E-state index is 12.6. The topological polar surface area (TPSA) is 49.9 Å². The van der Waals surface area contributed by atoms with E-state index in [1.165, 1.54) is 0 Å². The Kier molecular flexibility index (Phi) is 3.79. The Labute approximate surface area is 141 Å². The van der Waals surface area contributed by atoms with Gasteiger partial charge < -0.3 is 14.5 Å². The van der Waals surface area contributed by atoms with Gasteiger partial charge in [0.2, 0.25) is 0 Å². The smallest absolute Gasteiger partial charge is 0.410 e. The molecule has 1 aromatic carbocycles. The highest BCUT2D eigenvalue weighted by atomic mass is 35.5. The summed E-state index contributed by atoms with van der Waals surface area (Å²) in [6.07, 6.45) is -0.335. The average Bonchev–Trinajstić information content (AvgIpc) is 2.75. The first-order valence-electron chi connectivity index (χ1n) is 7.77. The number of hydrogen-bond donors (Lipinski definition) is 0. The van der Waals surface area contributed by atoms with Gasteiger partial charge in [0.15, 0.2) is 0 Å². The Morgan fingerprint density at radius 2 is 2.00 bits per heavy atom. The summed E-state index contributed by atoms with van der Waals surface area (Å²) in [6.45, 7) is 8.92. The fourth-order valence-electron chi connectivity index (χ4n) is 3.25. The van der Waals surface area contributed by atoms with Crippen molar-refractivity contribution in [2.24, 2.45) is 0 Å². The number of hydrogen-bond acceptors (Lipinski definition) is 3. The van der Waals surface area contributed by atoms with Crippen LogP contribution in [0.4, 0.5) is 4.79 Å². The minimum absolute atomic E-state index is 0.0393. The zero-order valence-electron chi connectivity index (χ0n) is 13.9. The van der Waals surface area contributed by atoms with Crippen molar-refractivity contribution in [3.05, 3.63) is 33.8 Å². The first-order valence-corrected chi connectivity index (χ1v) is 8.15. The number of rotatable bonds is 0. The maximum absolute atomic E-state index is 12.6. The number of fused-ring (bicyclic) bond motifs is 3. The molecule has 23 heavy (non-hydrogen) atoms. The molecule has 1 fully saturated rings. The molecule has 0 bridgehead atoms. The lowest BCUT2D eigenvalue weighted by Gasteiger charge is -2.38. The van der Waals surface area contributed by atoms with Crippen LogP contribution in [0.3, 0.4) is 0 Å². The molecule has 0 unspecified atom stereocenters. The van der Waals surface area contributed by atoms with E-state index in [0.717, 1.165) is 11.1 Å². The minimum atomic E-state index is -0.531. The number of ether oxygens (including phenoxy) is 1. The molecule has 3 rings (SSSR count). The second-order valence-electron chi connectivity index (χ2n) is 7.09. The van der Waals surface area contributed by atoms with Crippen LogP contribution in [-0.2, 0) is 4.74 Å². The van der Waals surface area contributed by atoms with Gasteiger partial charge in [0, 0.05) is 19.6 Å². The van der Waals surface area contributed by atoms with Gasteiger partial charge in [0.05, 0.1) is 16.6 Å². The standard InChI is InChI=1S/C17H21ClN2O3/c1-10-5-6-11(18)14-13(10)12-9-19(7-8-20(12)15(14)21)16(22)23-17(2,3)4/h5-6,12H,7-9H2,1-4H3/t12-/m0/s1. The van der Waals surface area contributed by atoms with Gasteiger partial charge in [0.25, 0.3) is 5.91 Å². The Morgan fingerprint density at radius 1 is 1.30 bits per heavy atom. The van der Waals surface area contributed by atoms with Crippen LogP contribution in [0.2, 0.25) is 5.02 Å². The summed E-state index contributed by atoms with van der Waals surface area (Å²) < 4.78 is 5.45. The van der Waals surface area contributed by atoms with E-state index in [-0.39, 0.29) is 18.0 Å². The van der Waals surface area contributed by atoms with Gasteiger partial charge in [-0.1, -0.05) is 17.7 Å². The largest absolute Gasteiger partial charge is 0.444 e. The Hall–Kier alpha value is -1.75. The van der Waals surface area contributed by atoms with E-state index in [4.69, 9.17) is 16.3 Å². The molecule has 1 aromatic rings. The highest BCUT2D eigenvalue weighted by Gasteiger charge is 2.43. The summed E-state index contributed by atoms with van der Waals surface area (Å²) in [4.78, 5) is 28.4. The van der Waals surface area contributed by atoms with Crippen LogP contribution in [0, 0.1) is 6.92 Å². The predicted octanol–water partition coefficient (Wildman–Crippen LogP) is 3.40. The van der Waals surface area contributed by atoms with Gasteiger partial charge in [-0.05, 0) is 44.9 Å². The molecule has 124 valence electrons. The third-order valence-electron chi connectivity index (χ3n) is 4.25. The Balaban J connectivity index is 1.89. The second-order valence-corrected chi connectivity index (χ2v) is 7.50.